The second-order valence-electron chi connectivity index (χ2n) is 5.92. The van der Waals surface area contributed by atoms with Gasteiger partial charge in [0.15, 0.2) is 0 Å². The lowest BCUT2D eigenvalue weighted by Gasteiger charge is -2.24. The number of anilines is 1. The number of esters is 1. The maximum absolute atomic E-state index is 13.3. The zero-order valence-electron chi connectivity index (χ0n) is 13.7. The number of hydrogen-bond donors (Lipinski definition) is 0. The van der Waals surface area contributed by atoms with Crippen LogP contribution in [0.5, 0.6) is 0 Å². The Morgan fingerprint density at radius 2 is 1.84 bits per heavy atom. The van der Waals surface area contributed by atoms with Crippen molar-refractivity contribution >= 4 is 28.5 Å². The van der Waals surface area contributed by atoms with Crippen LogP contribution in [0.4, 0.5) is 5.69 Å². The van der Waals surface area contributed by atoms with Gasteiger partial charge in [-0.1, -0.05) is 36.4 Å². The fourth-order valence-electron chi connectivity index (χ4n) is 3.37. The van der Waals surface area contributed by atoms with E-state index in [1.165, 1.54) is 7.11 Å². The summed E-state index contributed by atoms with van der Waals surface area (Å²) in [6.45, 7) is 0. The van der Waals surface area contributed by atoms with E-state index in [0.717, 1.165) is 22.2 Å². The van der Waals surface area contributed by atoms with Gasteiger partial charge in [-0.15, -0.1) is 0 Å². The predicted molar refractivity (Wildman–Crippen MR) is 94.5 cm³/mol. The van der Waals surface area contributed by atoms with Gasteiger partial charge in [0.25, 0.3) is 5.91 Å². The molecular weight excluding hydrogens is 316 g/mol. The van der Waals surface area contributed by atoms with Crippen LogP contribution in [-0.4, -0.2) is 30.0 Å². The van der Waals surface area contributed by atoms with Crippen LogP contribution in [0.25, 0.3) is 10.9 Å². The number of nitrogens with zero attached hydrogens (tertiary/aromatic N) is 2. The summed E-state index contributed by atoms with van der Waals surface area (Å²) in [4.78, 5) is 31.5. The molecule has 4 rings (SSSR count). The van der Waals surface area contributed by atoms with Gasteiger partial charge in [-0.25, -0.2) is 4.79 Å². The Hall–Kier alpha value is -3.21. The molecule has 0 aliphatic carbocycles. The fraction of sp³-hybridized carbons (Fsp3) is 0.150. The van der Waals surface area contributed by atoms with Crippen molar-refractivity contribution < 1.29 is 14.3 Å². The van der Waals surface area contributed by atoms with Crippen LogP contribution in [0.15, 0.2) is 60.8 Å². The van der Waals surface area contributed by atoms with Crippen LogP contribution < -0.4 is 4.90 Å². The van der Waals surface area contributed by atoms with Crippen molar-refractivity contribution in [1.29, 1.82) is 0 Å². The Morgan fingerprint density at radius 1 is 1.08 bits per heavy atom. The van der Waals surface area contributed by atoms with E-state index in [0.29, 0.717) is 12.0 Å². The molecule has 0 unspecified atom stereocenters. The van der Waals surface area contributed by atoms with E-state index < -0.39 is 12.0 Å². The monoisotopic (exact) mass is 332 g/mol. The summed E-state index contributed by atoms with van der Waals surface area (Å²) >= 11 is 0. The molecule has 0 radical (unpaired) electrons. The Kier molecular flexibility index (Phi) is 3.69. The van der Waals surface area contributed by atoms with E-state index in [1.807, 2.05) is 48.5 Å². The first-order chi connectivity index (χ1) is 12.2. The Balaban J connectivity index is 1.85. The van der Waals surface area contributed by atoms with Gasteiger partial charge in [0.05, 0.1) is 18.2 Å². The Bertz CT molecular complexity index is 978. The lowest BCUT2D eigenvalue weighted by molar-refractivity contribution is -0.141. The minimum absolute atomic E-state index is 0.223. The summed E-state index contributed by atoms with van der Waals surface area (Å²) in [5.74, 6) is -0.637. The summed E-state index contributed by atoms with van der Waals surface area (Å²) in [6, 6.07) is 16.1. The van der Waals surface area contributed by atoms with Crippen LogP contribution in [-0.2, 0) is 16.0 Å². The molecule has 1 aliphatic rings. The standard InChI is InChI=1S/C20H16N2O3/c1-25-20(24)18-12-13-6-2-5-9-17(13)22(18)19(23)15-10-11-21-16-8-4-3-7-14(15)16/h2-11,18H,12H2,1H3/t18-/m1/s1. The van der Waals surface area contributed by atoms with Crippen molar-refractivity contribution in [1.82, 2.24) is 4.98 Å². The maximum Gasteiger partial charge on any atom is 0.329 e. The van der Waals surface area contributed by atoms with Crippen LogP contribution >= 0.6 is 0 Å². The largest absolute Gasteiger partial charge is 0.467 e. The first kappa shape index (κ1) is 15.3. The van der Waals surface area contributed by atoms with E-state index in [1.54, 1.807) is 17.2 Å². The lowest BCUT2D eigenvalue weighted by atomic mass is 10.1. The maximum atomic E-state index is 13.3. The average Bonchev–Trinajstić information content (AvgIpc) is 3.06. The number of fused-ring (bicyclic) bond motifs is 2. The number of benzene rings is 2. The van der Waals surface area contributed by atoms with E-state index >= 15 is 0 Å². The number of para-hydroxylation sites is 2. The smallest absolute Gasteiger partial charge is 0.329 e. The predicted octanol–water partition coefficient (Wildman–Crippen LogP) is 2.98. The molecule has 25 heavy (non-hydrogen) atoms. The summed E-state index contributed by atoms with van der Waals surface area (Å²) in [5.41, 5.74) is 2.99. The van der Waals surface area contributed by atoms with E-state index in [2.05, 4.69) is 4.98 Å². The third kappa shape index (κ3) is 2.45. The number of carbonyl (C=O) groups is 2. The summed E-state index contributed by atoms with van der Waals surface area (Å²) in [5, 5.41) is 0.767. The molecule has 2 heterocycles. The molecule has 0 bridgehead atoms. The van der Waals surface area contributed by atoms with Crippen molar-refractivity contribution in [3.63, 3.8) is 0 Å². The molecule has 1 amide bonds. The molecule has 2 aromatic carbocycles. The zero-order chi connectivity index (χ0) is 17.4. The number of aromatic nitrogens is 1. The molecule has 1 aliphatic heterocycles. The molecule has 1 atom stereocenters. The van der Waals surface area contributed by atoms with Crippen molar-refractivity contribution in [2.45, 2.75) is 12.5 Å². The lowest BCUT2D eigenvalue weighted by Crippen LogP contribution is -2.43. The molecule has 5 nitrogen and oxygen atoms in total. The normalized spacial score (nSPS) is 15.9. The van der Waals surface area contributed by atoms with E-state index in [9.17, 15) is 9.59 Å². The van der Waals surface area contributed by atoms with Gasteiger partial charge in [-0.05, 0) is 23.8 Å². The summed E-state index contributed by atoms with van der Waals surface area (Å²) < 4.78 is 4.92. The van der Waals surface area contributed by atoms with E-state index in [-0.39, 0.29) is 5.91 Å². The van der Waals surface area contributed by atoms with Crippen LogP contribution in [0.1, 0.15) is 15.9 Å². The number of pyridine rings is 1. The first-order valence-corrected chi connectivity index (χ1v) is 8.04. The zero-order valence-corrected chi connectivity index (χ0v) is 13.7. The highest BCUT2D eigenvalue weighted by Crippen LogP contribution is 2.34. The number of hydrogen-bond acceptors (Lipinski definition) is 4. The topological polar surface area (TPSA) is 59.5 Å². The van der Waals surface area contributed by atoms with Gasteiger partial charge in [0.2, 0.25) is 0 Å². The van der Waals surface area contributed by atoms with Gasteiger partial charge in [0, 0.05) is 23.7 Å². The number of ether oxygens (including phenoxy) is 1. The number of amides is 1. The van der Waals surface area contributed by atoms with Crippen LogP contribution in [0.2, 0.25) is 0 Å². The molecule has 0 saturated heterocycles. The van der Waals surface area contributed by atoms with Crippen molar-refractivity contribution in [2.75, 3.05) is 12.0 Å². The number of rotatable bonds is 2. The molecule has 3 aromatic rings. The second-order valence-corrected chi connectivity index (χ2v) is 5.92. The molecule has 124 valence electrons. The van der Waals surface area contributed by atoms with Crippen molar-refractivity contribution in [3.05, 3.63) is 71.9 Å². The fourth-order valence-corrected chi connectivity index (χ4v) is 3.37. The molecule has 0 fully saturated rings. The van der Waals surface area contributed by atoms with Gasteiger partial charge in [-0.3, -0.25) is 14.7 Å². The minimum Gasteiger partial charge on any atom is -0.467 e. The Labute approximate surface area is 144 Å². The van der Waals surface area contributed by atoms with Gasteiger partial charge >= 0.3 is 5.97 Å². The molecule has 5 heteroatoms. The average molecular weight is 332 g/mol. The van der Waals surface area contributed by atoms with Crippen LogP contribution in [0.3, 0.4) is 0 Å². The van der Waals surface area contributed by atoms with Crippen molar-refractivity contribution in [2.24, 2.45) is 0 Å². The third-order valence-electron chi connectivity index (χ3n) is 4.55. The molecule has 0 N–H and O–H groups in total. The summed E-state index contributed by atoms with van der Waals surface area (Å²) in [7, 11) is 1.34. The highest BCUT2D eigenvalue weighted by atomic mass is 16.5. The van der Waals surface area contributed by atoms with E-state index in [4.69, 9.17) is 4.74 Å². The highest BCUT2D eigenvalue weighted by Gasteiger charge is 2.39. The van der Waals surface area contributed by atoms with Gasteiger partial charge < -0.3 is 4.74 Å². The number of methoxy groups -OCH3 is 1. The Morgan fingerprint density at radius 3 is 2.68 bits per heavy atom. The van der Waals surface area contributed by atoms with Gasteiger partial charge in [-0.2, -0.15) is 0 Å². The quantitative estimate of drug-likeness (QED) is 0.677. The summed E-state index contributed by atoms with van der Waals surface area (Å²) in [6.07, 6.45) is 2.07. The minimum atomic E-state index is -0.651. The first-order valence-electron chi connectivity index (χ1n) is 8.04. The molecular formula is C20H16N2O3. The molecule has 1 aromatic heterocycles. The van der Waals surface area contributed by atoms with Gasteiger partial charge in [0.1, 0.15) is 6.04 Å². The third-order valence-corrected chi connectivity index (χ3v) is 4.55. The number of carbonyl (C=O) groups excluding carboxylic acids is 2. The van der Waals surface area contributed by atoms with Crippen LogP contribution in [0, 0.1) is 0 Å². The second kappa shape index (κ2) is 6.02. The SMILES string of the molecule is COC(=O)[C@H]1Cc2ccccc2N1C(=O)c1ccnc2ccccc12. The molecule has 0 spiro atoms. The molecule has 0 saturated carbocycles. The highest BCUT2D eigenvalue weighted by molar-refractivity contribution is 6.16. The van der Waals surface area contributed by atoms with Crippen molar-refractivity contribution in [3.8, 4) is 0 Å².